The van der Waals surface area contributed by atoms with Gasteiger partial charge in [0.1, 0.15) is 5.71 Å². The van der Waals surface area contributed by atoms with Crippen molar-refractivity contribution in [1.29, 1.82) is 0 Å². The van der Waals surface area contributed by atoms with Gasteiger partial charge in [-0.25, -0.2) is 4.99 Å². The van der Waals surface area contributed by atoms with Gasteiger partial charge < -0.3 is 0 Å². The molecule has 1 aromatic rings. The zero-order valence-corrected chi connectivity index (χ0v) is 17.2. The van der Waals surface area contributed by atoms with Gasteiger partial charge in [-0.05, 0) is 54.4 Å². The average molecular weight is 338 g/mol. The van der Waals surface area contributed by atoms with Crippen LogP contribution in [-0.2, 0) is 4.79 Å². The SMILES string of the molecule is Cc1cc(C)c(N=C2C=C(C(C)(C)C)C=C(C(C)(C)C)C2=O)c(C)c1. The molecule has 0 N–H and O–H groups in total. The van der Waals surface area contributed by atoms with Crippen molar-refractivity contribution < 1.29 is 4.79 Å². The molecule has 0 bridgehead atoms. The number of aryl methyl sites for hydroxylation is 3. The Morgan fingerprint density at radius 3 is 1.76 bits per heavy atom. The Hall–Kier alpha value is -1.96. The number of carbonyl (C=O) groups excluding carboxylic acids is 1. The van der Waals surface area contributed by atoms with Gasteiger partial charge in [0.15, 0.2) is 0 Å². The topological polar surface area (TPSA) is 29.4 Å². The molecular weight excluding hydrogens is 306 g/mol. The fourth-order valence-corrected chi connectivity index (χ4v) is 3.16. The highest BCUT2D eigenvalue weighted by Gasteiger charge is 2.32. The van der Waals surface area contributed by atoms with Crippen molar-refractivity contribution in [3.8, 4) is 0 Å². The molecule has 0 saturated heterocycles. The van der Waals surface area contributed by atoms with Crippen LogP contribution in [0.15, 0.2) is 40.4 Å². The molecule has 1 aliphatic rings. The lowest BCUT2D eigenvalue weighted by atomic mass is 9.74. The van der Waals surface area contributed by atoms with Crippen LogP contribution in [0.2, 0.25) is 0 Å². The Morgan fingerprint density at radius 1 is 0.800 bits per heavy atom. The van der Waals surface area contributed by atoms with Gasteiger partial charge in [0, 0.05) is 5.57 Å². The van der Waals surface area contributed by atoms with E-state index >= 15 is 0 Å². The third kappa shape index (κ3) is 4.18. The largest absolute Gasteiger partial charge is 0.287 e. The summed E-state index contributed by atoms with van der Waals surface area (Å²) in [5.41, 5.74) is 6.64. The molecule has 0 aromatic heterocycles. The summed E-state index contributed by atoms with van der Waals surface area (Å²) < 4.78 is 0. The minimum atomic E-state index is -0.208. The van der Waals surface area contributed by atoms with Crippen LogP contribution in [0.25, 0.3) is 0 Å². The van der Waals surface area contributed by atoms with Crippen molar-refractivity contribution in [3.05, 3.63) is 52.1 Å². The number of ketones is 1. The van der Waals surface area contributed by atoms with Gasteiger partial charge in [-0.3, -0.25) is 4.79 Å². The molecule has 0 spiro atoms. The van der Waals surface area contributed by atoms with E-state index in [-0.39, 0.29) is 16.6 Å². The van der Waals surface area contributed by atoms with Crippen LogP contribution in [0.5, 0.6) is 0 Å². The number of Topliss-reactive ketones (excluding diaryl/α,β-unsaturated/α-hetero) is 1. The lowest BCUT2D eigenvalue weighted by molar-refractivity contribution is -0.110. The molecule has 2 heteroatoms. The fourth-order valence-electron chi connectivity index (χ4n) is 3.16. The molecule has 1 aromatic carbocycles. The summed E-state index contributed by atoms with van der Waals surface area (Å²) in [7, 11) is 0. The van der Waals surface area contributed by atoms with Crippen LogP contribution < -0.4 is 0 Å². The van der Waals surface area contributed by atoms with E-state index in [0.717, 1.165) is 28.0 Å². The number of nitrogens with zero attached hydrogens (tertiary/aromatic N) is 1. The van der Waals surface area contributed by atoms with Crippen molar-refractivity contribution in [2.24, 2.45) is 15.8 Å². The second-order valence-corrected chi connectivity index (χ2v) is 9.23. The van der Waals surface area contributed by atoms with Crippen LogP contribution in [0.1, 0.15) is 58.2 Å². The monoisotopic (exact) mass is 337 g/mol. The normalized spacial score (nSPS) is 17.6. The second-order valence-electron chi connectivity index (χ2n) is 9.23. The van der Waals surface area contributed by atoms with Gasteiger partial charge in [0.25, 0.3) is 0 Å². The number of hydrogen-bond acceptors (Lipinski definition) is 2. The van der Waals surface area contributed by atoms with E-state index in [4.69, 9.17) is 4.99 Å². The Balaban J connectivity index is 2.67. The lowest BCUT2D eigenvalue weighted by Gasteiger charge is -2.30. The van der Waals surface area contributed by atoms with E-state index in [1.165, 1.54) is 5.56 Å². The maximum atomic E-state index is 13.1. The van der Waals surface area contributed by atoms with Crippen molar-refractivity contribution in [2.45, 2.75) is 62.3 Å². The smallest absolute Gasteiger partial charge is 0.207 e. The molecule has 2 rings (SSSR count). The standard InChI is InChI=1S/C23H31NO/c1-14-10-15(2)20(16(3)11-14)24-19-13-17(22(4,5)6)12-18(21(19)25)23(7,8)9/h10-13H,1-9H3. The first-order valence-corrected chi connectivity index (χ1v) is 8.96. The first kappa shape index (κ1) is 19.4. The lowest BCUT2D eigenvalue weighted by Crippen LogP contribution is -2.29. The highest BCUT2D eigenvalue weighted by molar-refractivity contribution is 6.51. The molecule has 25 heavy (non-hydrogen) atoms. The first-order chi connectivity index (χ1) is 11.3. The van der Waals surface area contributed by atoms with Gasteiger partial charge in [-0.1, -0.05) is 65.3 Å². The fraction of sp³-hybridized carbons (Fsp3) is 0.478. The van der Waals surface area contributed by atoms with Gasteiger partial charge in [0.05, 0.1) is 5.69 Å². The second kappa shape index (κ2) is 6.40. The van der Waals surface area contributed by atoms with Crippen molar-refractivity contribution in [3.63, 3.8) is 0 Å². The molecule has 2 nitrogen and oxygen atoms in total. The summed E-state index contributed by atoms with van der Waals surface area (Å²) in [6.45, 7) is 19.0. The quantitative estimate of drug-likeness (QED) is 0.560. The predicted molar refractivity (Wildman–Crippen MR) is 108 cm³/mol. The van der Waals surface area contributed by atoms with Gasteiger partial charge in [-0.2, -0.15) is 0 Å². The molecule has 0 radical (unpaired) electrons. The highest BCUT2D eigenvalue weighted by Crippen LogP contribution is 2.37. The Bertz CT molecular complexity index is 782. The first-order valence-electron chi connectivity index (χ1n) is 8.96. The summed E-state index contributed by atoms with van der Waals surface area (Å²) in [4.78, 5) is 17.9. The summed E-state index contributed by atoms with van der Waals surface area (Å²) in [5, 5.41) is 0. The van der Waals surface area contributed by atoms with Crippen LogP contribution in [0.4, 0.5) is 5.69 Å². The van der Waals surface area contributed by atoms with E-state index < -0.39 is 0 Å². The minimum absolute atomic E-state index is 0.0324. The zero-order chi connectivity index (χ0) is 19.2. The van der Waals surface area contributed by atoms with Crippen LogP contribution in [0.3, 0.4) is 0 Å². The molecule has 1 aliphatic carbocycles. The number of benzene rings is 1. The van der Waals surface area contributed by atoms with Crippen LogP contribution >= 0.6 is 0 Å². The molecule has 0 atom stereocenters. The summed E-state index contributed by atoms with van der Waals surface area (Å²) >= 11 is 0. The van der Waals surface area contributed by atoms with Crippen molar-refractivity contribution in [1.82, 2.24) is 0 Å². The Morgan fingerprint density at radius 2 is 1.32 bits per heavy atom. The van der Waals surface area contributed by atoms with Crippen LogP contribution in [0, 0.1) is 31.6 Å². The van der Waals surface area contributed by atoms with Crippen LogP contribution in [-0.4, -0.2) is 11.5 Å². The molecule has 0 saturated carbocycles. The number of allylic oxidation sites excluding steroid dienone is 4. The van der Waals surface area contributed by atoms with Crippen molar-refractivity contribution >= 4 is 17.2 Å². The van der Waals surface area contributed by atoms with E-state index in [2.05, 4.69) is 80.5 Å². The third-order valence-corrected chi connectivity index (χ3v) is 4.61. The maximum absolute atomic E-state index is 13.1. The molecule has 0 aliphatic heterocycles. The third-order valence-electron chi connectivity index (χ3n) is 4.61. The molecule has 0 heterocycles. The van der Waals surface area contributed by atoms with Gasteiger partial charge in [0.2, 0.25) is 5.78 Å². The summed E-state index contributed by atoms with van der Waals surface area (Å²) in [5.74, 6) is 0.0416. The number of hydrogen-bond donors (Lipinski definition) is 0. The average Bonchev–Trinajstić information content (AvgIpc) is 2.41. The number of carbonyl (C=O) groups is 1. The maximum Gasteiger partial charge on any atom is 0.207 e. The predicted octanol–water partition coefficient (Wildman–Crippen LogP) is 6.21. The molecule has 0 fully saturated rings. The highest BCUT2D eigenvalue weighted by atomic mass is 16.1. The van der Waals surface area contributed by atoms with Gasteiger partial charge in [-0.15, -0.1) is 0 Å². The summed E-state index contributed by atoms with van der Waals surface area (Å²) in [6.07, 6.45) is 4.03. The number of rotatable bonds is 1. The van der Waals surface area contributed by atoms with E-state index in [1.54, 1.807) is 0 Å². The molecule has 0 amide bonds. The van der Waals surface area contributed by atoms with E-state index in [0.29, 0.717) is 5.71 Å². The summed E-state index contributed by atoms with van der Waals surface area (Å²) in [6, 6.07) is 4.24. The zero-order valence-electron chi connectivity index (χ0n) is 17.2. The Labute approximate surface area is 152 Å². The van der Waals surface area contributed by atoms with Gasteiger partial charge >= 0.3 is 0 Å². The molecule has 134 valence electrons. The molecular formula is C23H31NO. The van der Waals surface area contributed by atoms with E-state index in [9.17, 15) is 4.79 Å². The van der Waals surface area contributed by atoms with E-state index in [1.807, 2.05) is 6.08 Å². The minimum Gasteiger partial charge on any atom is -0.287 e. The number of aliphatic imine (C=N–C) groups is 1. The Kier molecular flexibility index (Phi) is 4.96. The molecule has 0 unspecified atom stereocenters. The van der Waals surface area contributed by atoms with Crippen molar-refractivity contribution in [2.75, 3.05) is 0 Å².